The molecular weight excluding hydrogens is 212 g/mol. The predicted molar refractivity (Wildman–Crippen MR) is 71.7 cm³/mol. The molecule has 1 atom stereocenters. The van der Waals surface area contributed by atoms with Crippen LogP contribution in [-0.2, 0) is 11.2 Å². The molecule has 3 heteroatoms. The Morgan fingerprint density at radius 3 is 3.00 bits per heavy atom. The van der Waals surface area contributed by atoms with Gasteiger partial charge in [-0.15, -0.1) is 0 Å². The summed E-state index contributed by atoms with van der Waals surface area (Å²) in [6.07, 6.45) is 2.46. The molecule has 0 aromatic heterocycles. The highest BCUT2D eigenvalue weighted by Crippen LogP contribution is 2.26. The molecule has 1 aromatic rings. The minimum atomic E-state index is 0.395. The summed E-state index contributed by atoms with van der Waals surface area (Å²) < 4.78 is 5.24. The average molecular weight is 234 g/mol. The number of nitrogens with zero attached hydrogens (tertiary/aromatic N) is 1. The standard InChI is InChI=1S/C14H22N2O/c1-15-13(11-17-2)10-16-9-5-7-12-6-3-4-8-14(12)16/h3-4,6,8,13,15H,5,7,9-11H2,1-2H3. The molecule has 17 heavy (non-hydrogen) atoms. The van der Waals surface area contributed by atoms with Crippen molar-refractivity contribution >= 4 is 5.69 Å². The van der Waals surface area contributed by atoms with Crippen LogP contribution in [0.3, 0.4) is 0 Å². The van der Waals surface area contributed by atoms with Crippen molar-refractivity contribution in [1.82, 2.24) is 5.32 Å². The molecule has 1 heterocycles. The van der Waals surface area contributed by atoms with Crippen molar-refractivity contribution in [1.29, 1.82) is 0 Å². The third kappa shape index (κ3) is 2.99. The molecule has 1 aliphatic heterocycles. The number of para-hydroxylation sites is 1. The van der Waals surface area contributed by atoms with Crippen molar-refractivity contribution in [3.8, 4) is 0 Å². The van der Waals surface area contributed by atoms with E-state index >= 15 is 0 Å². The molecule has 0 aliphatic carbocycles. The van der Waals surface area contributed by atoms with Gasteiger partial charge in [0.05, 0.1) is 6.61 Å². The summed E-state index contributed by atoms with van der Waals surface area (Å²) in [5, 5.41) is 3.31. The molecule has 0 fully saturated rings. The molecule has 0 bridgehead atoms. The zero-order chi connectivity index (χ0) is 12.1. The van der Waals surface area contributed by atoms with Gasteiger partial charge >= 0.3 is 0 Å². The Bertz CT molecular complexity index is 354. The van der Waals surface area contributed by atoms with Gasteiger partial charge < -0.3 is 15.0 Å². The molecule has 0 saturated carbocycles. The first kappa shape index (κ1) is 12.4. The summed E-state index contributed by atoms with van der Waals surface area (Å²) in [6, 6.07) is 9.13. The second-order valence-electron chi connectivity index (χ2n) is 4.62. The Hall–Kier alpha value is -1.06. The minimum absolute atomic E-state index is 0.395. The van der Waals surface area contributed by atoms with Crippen LogP contribution >= 0.6 is 0 Å². The molecule has 1 aromatic carbocycles. The fourth-order valence-electron chi connectivity index (χ4n) is 2.50. The molecule has 1 N–H and O–H groups in total. The second kappa shape index (κ2) is 6.03. The van der Waals surface area contributed by atoms with Crippen LogP contribution in [0.1, 0.15) is 12.0 Å². The van der Waals surface area contributed by atoms with Crippen molar-refractivity contribution in [2.75, 3.05) is 38.8 Å². The number of ether oxygens (including phenoxy) is 1. The van der Waals surface area contributed by atoms with Crippen molar-refractivity contribution in [2.45, 2.75) is 18.9 Å². The Balaban J connectivity index is 2.07. The predicted octanol–water partition coefficient (Wildman–Crippen LogP) is 1.67. The third-order valence-electron chi connectivity index (χ3n) is 3.42. The van der Waals surface area contributed by atoms with Crippen LogP contribution in [0.2, 0.25) is 0 Å². The maximum atomic E-state index is 5.24. The monoisotopic (exact) mass is 234 g/mol. The Morgan fingerprint density at radius 2 is 2.24 bits per heavy atom. The highest BCUT2D eigenvalue weighted by Gasteiger charge is 2.18. The Labute approximate surface area is 104 Å². The van der Waals surface area contributed by atoms with Gasteiger partial charge in [-0.2, -0.15) is 0 Å². The molecule has 3 nitrogen and oxygen atoms in total. The highest BCUT2D eigenvalue weighted by atomic mass is 16.5. The van der Waals surface area contributed by atoms with Crippen molar-refractivity contribution < 1.29 is 4.74 Å². The van der Waals surface area contributed by atoms with E-state index in [9.17, 15) is 0 Å². The summed E-state index contributed by atoms with van der Waals surface area (Å²) >= 11 is 0. The lowest BCUT2D eigenvalue weighted by Gasteiger charge is -2.34. The number of nitrogens with one attached hydrogen (secondary N) is 1. The number of fused-ring (bicyclic) bond motifs is 1. The van der Waals surface area contributed by atoms with E-state index in [0.29, 0.717) is 6.04 Å². The van der Waals surface area contributed by atoms with Gasteiger partial charge in [-0.3, -0.25) is 0 Å². The maximum absolute atomic E-state index is 5.24. The number of aryl methyl sites for hydroxylation is 1. The van der Waals surface area contributed by atoms with E-state index in [-0.39, 0.29) is 0 Å². The average Bonchev–Trinajstić information content (AvgIpc) is 2.38. The fraction of sp³-hybridized carbons (Fsp3) is 0.571. The summed E-state index contributed by atoms with van der Waals surface area (Å²) in [5.41, 5.74) is 2.88. The summed E-state index contributed by atoms with van der Waals surface area (Å²) in [4.78, 5) is 2.47. The summed E-state index contributed by atoms with van der Waals surface area (Å²) in [7, 11) is 3.76. The molecule has 94 valence electrons. The molecule has 0 amide bonds. The van der Waals surface area contributed by atoms with Crippen LogP contribution in [0.15, 0.2) is 24.3 Å². The van der Waals surface area contributed by atoms with Crippen LogP contribution in [-0.4, -0.2) is 39.9 Å². The molecule has 1 unspecified atom stereocenters. The number of likely N-dealkylation sites (N-methyl/N-ethyl adjacent to an activating group) is 1. The van der Waals surface area contributed by atoms with Gasteiger partial charge in [-0.1, -0.05) is 18.2 Å². The van der Waals surface area contributed by atoms with Gasteiger partial charge in [0.15, 0.2) is 0 Å². The van der Waals surface area contributed by atoms with E-state index < -0.39 is 0 Å². The number of rotatable bonds is 5. The lowest BCUT2D eigenvalue weighted by atomic mass is 10.0. The topological polar surface area (TPSA) is 24.5 Å². The van der Waals surface area contributed by atoms with E-state index in [4.69, 9.17) is 4.74 Å². The molecular formula is C14H22N2O. The van der Waals surface area contributed by atoms with Crippen LogP contribution in [0, 0.1) is 0 Å². The second-order valence-corrected chi connectivity index (χ2v) is 4.62. The minimum Gasteiger partial charge on any atom is -0.383 e. The van der Waals surface area contributed by atoms with Gasteiger partial charge in [-0.25, -0.2) is 0 Å². The van der Waals surface area contributed by atoms with Gasteiger partial charge in [0, 0.05) is 31.9 Å². The van der Waals surface area contributed by atoms with Crippen molar-refractivity contribution in [2.24, 2.45) is 0 Å². The first-order chi connectivity index (χ1) is 8.35. The van der Waals surface area contributed by atoms with Crippen LogP contribution in [0.4, 0.5) is 5.69 Å². The molecule has 1 aliphatic rings. The van der Waals surface area contributed by atoms with Crippen LogP contribution in [0.25, 0.3) is 0 Å². The largest absolute Gasteiger partial charge is 0.383 e. The molecule has 0 saturated heterocycles. The number of hydrogen-bond donors (Lipinski definition) is 1. The van der Waals surface area contributed by atoms with E-state index in [1.54, 1.807) is 7.11 Å². The zero-order valence-corrected chi connectivity index (χ0v) is 10.8. The summed E-state index contributed by atoms with van der Waals surface area (Å²) in [5.74, 6) is 0. The number of hydrogen-bond acceptors (Lipinski definition) is 3. The number of anilines is 1. The van der Waals surface area contributed by atoms with Crippen LogP contribution < -0.4 is 10.2 Å². The van der Waals surface area contributed by atoms with Gasteiger partial charge in [0.2, 0.25) is 0 Å². The van der Waals surface area contributed by atoms with E-state index in [1.165, 1.54) is 24.1 Å². The van der Waals surface area contributed by atoms with E-state index in [2.05, 4.69) is 34.5 Å². The third-order valence-corrected chi connectivity index (χ3v) is 3.42. The van der Waals surface area contributed by atoms with Gasteiger partial charge in [-0.05, 0) is 31.5 Å². The fourth-order valence-corrected chi connectivity index (χ4v) is 2.50. The zero-order valence-electron chi connectivity index (χ0n) is 10.8. The summed E-state index contributed by atoms with van der Waals surface area (Å²) in [6.45, 7) is 2.93. The Morgan fingerprint density at radius 1 is 1.41 bits per heavy atom. The lowest BCUT2D eigenvalue weighted by molar-refractivity contribution is 0.171. The van der Waals surface area contributed by atoms with E-state index in [0.717, 1.165) is 19.7 Å². The highest BCUT2D eigenvalue weighted by molar-refractivity contribution is 5.55. The Kier molecular flexibility index (Phi) is 4.40. The van der Waals surface area contributed by atoms with E-state index in [1.807, 2.05) is 7.05 Å². The van der Waals surface area contributed by atoms with Gasteiger partial charge in [0.1, 0.15) is 0 Å². The lowest BCUT2D eigenvalue weighted by Crippen LogP contribution is -2.44. The SMILES string of the molecule is CNC(COC)CN1CCCc2ccccc21. The van der Waals surface area contributed by atoms with Crippen molar-refractivity contribution in [3.63, 3.8) is 0 Å². The molecule has 2 rings (SSSR count). The van der Waals surface area contributed by atoms with Gasteiger partial charge in [0.25, 0.3) is 0 Å². The molecule has 0 radical (unpaired) electrons. The number of methoxy groups -OCH3 is 1. The normalized spacial score (nSPS) is 16.7. The first-order valence-electron chi connectivity index (χ1n) is 6.34. The maximum Gasteiger partial charge on any atom is 0.0633 e. The quantitative estimate of drug-likeness (QED) is 0.839. The van der Waals surface area contributed by atoms with Crippen LogP contribution in [0.5, 0.6) is 0 Å². The first-order valence-corrected chi connectivity index (χ1v) is 6.34. The molecule has 0 spiro atoms. The smallest absolute Gasteiger partial charge is 0.0633 e. The number of benzene rings is 1. The van der Waals surface area contributed by atoms with Crippen molar-refractivity contribution in [3.05, 3.63) is 29.8 Å².